The zero-order valence-corrected chi connectivity index (χ0v) is 34.8. The number of para-hydroxylation sites is 1. The third kappa shape index (κ3) is 7.39. The summed E-state index contributed by atoms with van der Waals surface area (Å²) in [6.45, 7) is 19.3. The van der Waals surface area contributed by atoms with Crippen LogP contribution < -0.4 is 4.74 Å². The summed E-state index contributed by atoms with van der Waals surface area (Å²) in [5.41, 5.74) is 10.9. The first-order chi connectivity index (χ1) is 28.1. The SMILES string of the molecule is [2H]C([2H])([2H])c1cc(C(C)(C)C)cc(C)c1-c1ccnc(-n2c3ccccc3c3ccc(Oc4cc(-n5cc(-c6ccc(C(C)(C)C)cc6)cn5)cc(C(C)(C)C)c4)cc32)c1. The Morgan fingerprint density at radius 3 is 1.98 bits per heavy atom. The molecule has 0 saturated heterocycles. The first-order valence-electron chi connectivity index (χ1n) is 21.3. The second kappa shape index (κ2) is 13.9. The van der Waals surface area contributed by atoms with Crippen molar-refractivity contribution in [3.63, 3.8) is 0 Å². The highest BCUT2D eigenvalue weighted by atomic mass is 16.5. The first kappa shape index (κ1) is 34.3. The van der Waals surface area contributed by atoms with E-state index in [1.54, 1.807) is 6.20 Å². The summed E-state index contributed by atoms with van der Waals surface area (Å²) in [7, 11) is 0. The van der Waals surface area contributed by atoms with Crippen LogP contribution in [0.1, 0.15) is 94.2 Å². The molecule has 0 amide bonds. The molecule has 0 saturated carbocycles. The Kier molecular flexibility index (Phi) is 8.38. The minimum atomic E-state index is -2.30. The predicted octanol–water partition coefficient (Wildman–Crippen LogP) is 14.0. The lowest BCUT2D eigenvalue weighted by molar-refractivity contribution is 0.478. The highest BCUT2D eigenvalue weighted by molar-refractivity contribution is 6.09. The van der Waals surface area contributed by atoms with Crippen LogP contribution in [0.3, 0.4) is 0 Å². The molecule has 0 aliphatic heterocycles. The molecule has 3 aromatic heterocycles. The zero-order chi connectivity index (χ0) is 42.9. The normalized spacial score (nSPS) is 13.5. The van der Waals surface area contributed by atoms with Gasteiger partial charge < -0.3 is 4.74 Å². The Balaban J connectivity index is 1.21. The van der Waals surface area contributed by atoms with E-state index in [0.717, 1.165) is 60.9 Å². The molecule has 0 aliphatic rings. The van der Waals surface area contributed by atoms with Gasteiger partial charge in [0.1, 0.15) is 17.3 Å². The van der Waals surface area contributed by atoms with E-state index in [0.29, 0.717) is 28.4 Å². The summed E-state index contributed by atoms with van der Waals surface area (Å²) in [5.74, 6) is 2.07. The molecule has 8 rings (SSSR count). The van der Waals surface area contributed by atoms with Crippen molar-refractivity contribution in [1.29, 1.82) is 0 Å². The van der Waals surface area contributed by atoms with Gasteiger partial charge in [-0.15, -0.1) is 0 Å². The summed E-state index contributed by atoms with van der Waals surface area (Å²) in [6.07, 6.45) is 5.76. The largest absolute Gasteiger partial charge is 0.457 e. The van der Waals surface area contributed by atoms with Crippen LogP contribution in [-0.4, -0.2) is 19.3 Å². The van der Waals surface area contributed by atoms with Crippen LogP contribution in [0, 0.1) is 13.8 Å². The summed E-state index contributed by atoms with van der Waals surface area (Å²) in [5, 5.41) is 6.94. The van der Waals surface area contributed by atoms with Gasteiger partial charge in [-0.2, -0.15) is 5.10 Å². The Bertz CT molecular complexity index is 2890. The van der Waals surface area contributed by atoms with Crippen molar-refractivity contribution in [3.05, 3.63) is 156 Å². The fourth-order valence-electron chi connectivity index (χ4n) is 7.68. The molecule has 288 valence electrons. The number of aryl methyl sites for hydroxylation is 2. The van der Waals surface area contributed by atoms with Crippen LogP contribution >= 0.6 is 0 Å². The lowest BCUT2D eigenvalue weighted by atomic mass is 9.83. The van der Waals surface area contributed by atoms with Crippen LogP contribution in [0.2, 0.25) is 0 Å². The maximum Gasteiger partial charge on any atom is 0.138 e. The van der Waals surface area contributed by atoms with Gasteiger partial charge in [0, 0.05) is 45.0 Å². The lowest BCUT2D eigenvalue weighted by Gasteiger charge is -2.22. The third-order valence-corrected chi connectivity index (χ3v) is 11.0. The number of aromatic nitrogens is 4. The van der Waals surface area contributed by atoms with Gasteiger partial charge in [0.25, 0.3) is 0 Å². The highest BCUT2D eigenvalue weighted by Gasteiger charge is 2.21. The molecule has 0 unspecified atom stereocenters. The summed E-state index contributed by atoms with van der Waals surface area (Å²) in [4.78, 5) is 4.89. The van der Waals surface area contributed by atoms with Gasteiger partial charge >= 0.3 is 0 Å². The Morgan fingerprint density at radius 1 is 0.579 bits per heavy atom. The van der Waals surface area contributed by atoms with Crippen molar-refractivity contribution in [2.24, 2.45) is 0 Å². The van der Waals surface area contributed by atoms with E-state index < -0.39 is 6.85 Å². The number of fused-ring (bicyclic) bond motifs is 3. The van der Waals surface area contributed by atoms with Crippen molar-refractivity contribution >= 4 is 21.8 Å². The van der Waals surface area contributed by atoms with Crippen molar-refractivity contribution in [3.8, 4) is 45.3 Å². The number of rotatable bonds is 6. The molecule has 5 heteroatoms. The number of nitrogens with zero attached hydrogens (tertiary/aromatic N) is 4. The molecule has 0 spiro atoms. The number of hydrogen-bond donors (Lipinski definition) is 0. The predicted molar refractivity (Wildman–Crippen MR) is 239 cm³/mol. The van der Waals surface area contributed by atoms with E-state index >= 15 is 0 Å². The van der Waals surface area contributed by atoms with Crippen molar-refractivity contribution in [2.75, 3.05) is 0 Å². The van der Waals surface area contributed by atoms with E-state index in [1.165, 1.54) is 5.56 Å². The average molecular weight is 754 g/mol. The second-order valence-corrected chi connectivity index (χ2v) is 18.5. The van der Waals surface area contributed by atoms with Gasteiger partial charge in [-0.1, -0.05) is 117 Å². The van der Waals surface area contributed by atoms with Gasteiger partial charge in [0.2, 0.25) is 0 Å². The standard InChI is InChI=1S/C52H54N4O/c1-33-24-39(51(6,7)8)25-34(2)49(33)36-22-23-53-48(26-36)56-46-15-13-12-14-44(46)45-21-20-42(30-47(45)56)57-43-28-40(52(9,10)11)27-41(29-43)55-32-37(31-54-55)35-16-18-38(19-17-35)50(3,4)5/h12-32H,1-11H3/i1D3. The van der Waals surface area contributed by atoms with E-state index in [4.69, 9.17) is 18.9 Å². The van der Waals surface area contributed by atoms with Crippen molar-refractivity contribution in [2.45, 2.75) is 92.3 Å². The molecule has 0 N–H and O–H groups in total. The van der Waals surface area contributed by atoms with Crippen LogP contribution in [0.15, 0.2) is 128 Å². The van der Waals surface area contributed by atoms with Crippen molar-refractivity contribution < 1.29 is 8.85 Å². The molecule has 0 radical (unpaired) electrons. The molecular weight excluding hydrogens is 697 g/mol. The molecule has 5 aromatic carbocycles. The fraction of sp³-hybridized carbons (Fsp3) is 0.269. The van der Waals surface area contributed by atoms with E-state index in [-0.39, 0.29) is 16.2 Å². The summed E-state index contributed by atoms with van der Waals surface area (Å²) >= 11 is 0. The minimum Gasteiger partial charge on any atom is -0.457 e. The Morgan fingerprint density at radius 2 is 1.26 bits per heavy atom. The second-order valence-electron chi connectivity index (χ2n) is 18.5. The molecule has 0 fully saturated rings. The maximum absolute atomic E-state index is 8.55. The minimum absolute atomic E-state index is 0.0848. The van der Waals surface area contributed by atoms with Crippen molar-refractivity contribution in [1.82, 2.24) is 19.3 Å². The van der Waals surface area contributed by atoms with Gasteiger partial charge in [-0.05, 0) is 117 Å². The molecule has 0 bridgehead atoms. The maximum atomic E-state index is 8.55. The third-order valence-electron chi connectivity index (χ3n) is 11.0. The van der Waals surface area contributed by atoms with Crippen LogP contribution in [0.5, 0.6) is 11.5 Å². The quantitative estimate of drug-likeness (QED) is 0.170. The number of benzene rings is 5. The van der Waals surface area contributed by atoms with Crippen LogP contribution in [0.25, 0.3) is 55.6 Å². The Labute approximate surface area is 342 Å². The molecule has 3 heterocycles. The number of pyridine rings is 1. The summed E-state index contributed by atoms with van der Waals surface area (Å²) < 4.78 is 36.5. The van der Waals surface area contributed by atoms with Crippen LogP contribution in [0.4, 0.5) is 0 Å². The molecule has 5 nitrogen and oxygen atoms in total. The van der Waals surface area contributed by atoms with E-state index in [9.17, 15) is 0 Å². The molecule has 8 aromatic rings. The number of hydrogen-bond acceptors (Lipinski definition) is 3. The molecule has 57 heavy (non-hydrogen) atoms. The highest BCUT2D eigenvalue weighted by Crippen LogP contribution is 2.39. The smallest absolute Gasteiger partial charge is 0.138 e. The van der Waals surface area contributed by atoms with E-state index in [2.05, 4.69) is 140 Å². The van der Waals surface area contributed by atoms with E-state index in [1.807, 2.05) is 60.3 Å². The molecule has 0 aliphatic carbocycles. The first-order valence-corrected chi connectivity index (χ1v) is 19.8. The van der Waals surface area contributed by atoms with Gasteiger partial charge in [-0.25, -0.2) is 9.67 Å². The zero-order valence-electron chi connectivity index (χ0n) is 37.8. The van der Waals surface area contributed by atoms with Gasteiger partial charge in [0.15, 0.2) is 0 Å². The average Bonchev–Trinajstić information content (AvgIpc) is 3.80. The number of ether oxygens (including phenoxy) is 1. The topological polar surface area (TPSA) is 44.9 Å². The molecular formula is C52H54N4O. The lowest BCUT2D eigenvalue weighted by Crippen LogP contribution is -2.12. The fourth-order valence-corrected chi connectivity index (χ4v) is 7.68. The van der Waals surface area contributed by atoms with Gasteiger partial charge in [0.05, 0.1) is 22.9 Å². The monoisotopic (exact) mass is 753 g/mol. The summed E-state index contributed by atoms with van der Waals surface area (Å²) in [6, 6.07) is 37.4. The van der Waals surface area contributed by atoms with Gasteiger partial charge in [-0.3, -0.25) is 4.57 Å². The Hall–Kier alpha value is -5.94. The van der Waals surface area contributed by atoms with Crippen LogP contribution in [-0.2, 0) is 16.2 Å². The molecule has 0 atom stereocenters.